The molecule has 2 atom stereocenters. The zero-order chi connectivity index (χ0) is 15.7. The number of sulfonamides is 1. The molecule has 0 bridgehead atoms. The topological polar surface area (TPSA) is 57.7 Å². The summed E-state index contributed by atoms with van der Waals surface area (Å²) in [6, 6.07) is 10.1. The number of hydrogen-bond donors (Lipinski definition) is 0. The SMILES string of the molecule is CS(=O)(=O)N1CCCN(C(=O)[C@@H]2C[C@@H]2c2ccccc2)CC1. The number of amides is 1. The summed E-state index contributed by atoms with van der Waals surface area (Å²) in [6.45, 7) is 2.08. The first kappa shape index (κ1) is 15.5. The van der Waals surface area contributed by atoms with Gasteiger partial charge in [0.2, 0.25) is 15.9 Å². The number of carbonyl (C=O) groups is 1. The van der Waals surface area contributed by atoms with Crippen molar-refractivity contribution >= 4 is 15.9 Å². The van der Waals surface area contributed by atoms with Crippen LogP contribution in [-0.4, -0.2) is 56.0 Å². The number of rotatable bonds is 3. The summed E-state index contributed by atoms with van der Waals surface area (Å²) in [5.41, 5.74) is 1.23. The Balaban J connectivity index is 1.60. The molecule has 0 aromatic heterocycles. The third-order valence-electron chi connectivity index (χ3n) is 4.57. The van der Waals surface area contributed by atoms with Crippen LogP contribution < -0.4 is 0 Å². The molecule has 2 aliphatic rings. The number of nitrogens with zero attached hydrogens (tertiary/aromatic N) is 2. The Bertz CT molecular complexity index is 645. The minimum atomic E-state index is -3.16. The second kappa shape index (κ2) is 6.01. The molecule has 3 rings (SSSR count). The van der Waals surface area contributed by atoms with Gasteiger partial charge < -0.3 is 4.90 Å². The molecule has 120 valence electrons. The molecule has 0 spiro atoms. The van der Waals surface area contributed by atoms with E-state index in [1.165, 1.54) is 16.1 Å². The summed E-state index contributed by atoms with van der Waals surface area (Å²) >= 11 is 0. The second-order valence-corrected chi connectivity index (χ2v) is 8.18. The van der Waals surface area contributed by atoms with Crippen LogP contribution in [0.1, 0.15) is 24.3 Å². The highest BCUT2D eigenvalue weighted by Gasteiger charge is 2.45. The number of benzene rings is 1. The lowest BCUT2D eigenvalue weighted by atomic mass is 10.1. The van der Waals surface area contributed by atoms with E-state index < -0.39 is 10.0 Å². The fraction of sp³-hybridized carbons (Fsp3) is 0.562. The third-order valence-corrected chi connectivity index (χ3v) is 5.87. The van der Waals surface area contributed by atoms with E-state index in [0.29, 0.717) is 38.5 Å². The Labute approximate surface area is 132 Å². The van der Waals surface area contributed by atoms with Gasteiger partial charge in [0.25, 0.3) is 0 Å². The highest BCUT2D eigenvalue weighted by atomic mass is 32.2. The van der Waals surface area contributed by atoms with Gasteiger partial charge in [-0.15, -0.1) is 0 Å². The van der Waals surface area contributed by atoms with E-state index in [9.17, 15) is 13.2 Å². The zero-order valence-corrected chi connectivity index (χ0v) is 13.6. The van der Waals surface area contributed by atoms with Gasteiger partial charge in [-0.3, -0.25) is 4.79 Å². The van der Waals surface area contributed by atoms with Crippen molar-refractivity contribution in [2.45, 2.75) is 18.8 Å². The summed E-state index contributed by atoms with van der Waals surface area (Å²) in [7, 11) is -3.16. The van der Waals surface area contributed by atoms with E-state index in [2.05, 4.69) is 12.1 Å². The van der Waals surface area contributed by atoms with E-state index in [1.54, 1.807) is 0 Å². The average molecular weight is 322 g/mol. The minimum absolute atomic E-state index is 0.0761. The van der Waals surface area contributed by atoms with Crippen LogP contribution in [0.15, 0.2) is 30.3 Å². The first-order chi connectivity index (χ1) is 10.5. The first-order valence-electron chi connectivity index (χ1n) is 7.75. The zero-order valence-electron chi connectivity index (χ0n) is 12.8. The maximum Gasteiger partial charge on any atom is 0.226 e. The average Bonchev–Trinajstić information content (AvgIpc) is 3.30. The molecule has 0 radical (unpaired) electrons. The van der Waals surface area contributed by atoms with E-state index in [0.717, 1.165) is 6.42 Å². The molecule has 1 saturated carbocycles. The summed E-state index contributed by atoms with van der Waals surface area (Å²) < 4.78 is 24.7. The predicted octanol–water partition coefficient (Wildman–Crippen LogP) is 1.28. The Morgan fingerprint density at radius 1 is 1.09 bits per heavy atom. The highest BCUT2D eigenvalue weighted by Crippen LogP contribution is 2.48. The summed E-state index contributed by atoms with van der Waals surface area (Å²) in [6.07, 6.45) is 2.85. The van der Waals surface area contributed by atoms with Gasteiger partial charge in [-0.2, -0.15) is 0 Å². The van der Waals surface area contributed by atoms with Gasteiger partial charge in [0, 0.05) is 32.1 Å². The molecule has 2 fully saturated rings. The van der Waals surface area contributed by atoms with Crippen molar-refractivity contribution in [2.24, 2.45) is 5.92 Å². The van der Waals surface area contributed by atoms with Gasteiger partial charge in [-0.1, -0.05) is 30.3 Å². The van der Waals surface area contributed by atoms with E-state index in [1.807, 2.05) is 23.1 Å². The number of carbonyl (C=O) groups excluding carboxylic acids is 1. The van der Waals surface area contributed by atoms with Gasteiger partial charge >= 0.3 is 0 Å². The molecule has 1 aromatic carbocycles. The fourth-order valence-corrected chi connectivity index (χ4v) is 4.09. The fourth-order valence-electron chi connectivity index (χ4n) is 3.22. The molecule has 22 heavy (non-hydrogen) atoms. The van der Waals surface area contributed by atoms with Gasteiger partial charge in [-0.05, 0) is 24.3 Å². The van der Waals surface area contributed by atoms with E-state index in [-0.39, 0.29) is 11.8 Å². The van der Waals surface area contributed by atoms with E-state index >= 15 is 0 Å². The van der Waals surface area contributed by atoms with Crippen LogP contribution >= 0.6 is 0 Å². The van der Waals surface area contributed by atoms with Gasteiger partial charge in [0.1, 0.15) is 0 Å². The lowest BCUT2D eigenvalue weighted by Crippen LogP contribution is -2.37. The van der Waals surface area contributed by atoms with Gasteiger partial charge in [-0.25, -0.2) is 12.7 Å². The van der Waals surface area contributed by atoms with E-state index in [4.69, 9.17) is 0 Å². The third kappa shape index (κ3) is 3.33. The molecule has 0 unspecified atom stereocenters. The molecule has 6 heteroatoms. The predicted molar refractivity (Wildman–Crippen MR) is 84.9 cm³/mol. The lowest BCUT2D eigenvalue weighted by Gasteiger charge is -2.21. The molecule has 1 aromatic rings. The standard InChI is InChI=1S/C16H22N2O3S/c1-22(20,21)18-9-5-8-17(10-11-18)16(19)15-12-14(15)13-6-3-2-4-7-13/h2-4,6-7,14-15H,5,8-12H2,1H3/t14-,15-/m1/s1. The van der Waals surface area contributed by atoms with Crippen molar-refractivity contribution in [1.82, 2.24) is 9.21 Å². The molecule has 0 N–H and O–H groups in total. The van der Waals surface area contributed by atoms with Crippen LogP contribution in [0.3, 0.4) is 0 Å². The summed E-state index contributed by atoms with van der Waals surface area (Å²) in [4.78, 5) is 14.5. The number of hydrogen-bond acceptors (Lipinski definition) is 3. The van der Waals surface area contributed by atoms with Crippen molar-refractivity contribution in [3.63, 3.8) is 0 Å². The lowest BCUT2D eigenvalue weighted by molar-refractivity contribution is -0.132. The van der Waals surface area contributed by atoms with Gasteiger partial charge in [0.15, 0.2) is 0 Å². The minimum Gasteiger partial charge on any atom is -0.341 e. The monoisotopic (exact) mass is 322 g/mol. The molecular formula is C16H22N2O3S. The van der Waals surface area contributed by atoms with Crippen LogP contribution in [0.2, 0.25) is 0 Å². The normalized spacial score (nSPS) is 26.5. The van der Waals surface area contributed by atoms with Crippen molar-refractivity contribution in [2.75, 3.05) is 32.4 Å². The van der Waals surface area contributed by atoms with Crippen LogP contribution in [0.4, 0.5) is 0 Å². The Morgan fingerprint density at radius 2 is 1.82 bits per heavy atom. The van der Waals surface area contributed by atoms with Crippen LogP contribution in [-0.2, 0) is 14.8 Å². The van der Waals surface area contributed by atoms with Crippen LogP contribution in [0.25, 0.3) is 0 Å². The summed E-state index contributed by atoms with van der Waals surface area (Å²) in [5.74, 6) is 0.597. The van der Waals surface area contributed by atoms with Gasteiger partial charge in [0.05, 0.1) is 6.26 Å². The van der Waals surface area contributed by atoms with Crippen molar-refractivity contribution in [3.05, 3.63) is 35.9 Å². The molecule has 1 amide bonds. The maximum atomic E-state index is 12.6. The van der Waals surface area contributed by atoms with Crippen LogP contribution in [0, 0.1) is 5.92 Å². The maximum absolute atomic E-state index is 12.6. The Morgan fingerprint density at radius 3 is 2.50 bits per heavy atom. The molecular weight excluding hydrogens is 300 g/mol. The first-order valence-corrected chi connectivity index (χ1v) is 9.60. The molecule has 5 nitrogen and oxygen atoms in total. The molecule has 1 heterocycles. The van der Waals surface area contributed by atoms with Crippen molar-refractivity contribution < 1.29 is 13.2 Å². The van der Waals surface area contributed by atoms with Crippen molar-refractivity contribution in [1.29, 1.82) is 0 Å². The van der Waals surface area contributed by atoms with Crippen molar-refractivity contribution in [3.8, 4) is 0 Å². The Kier molecular flexibility index (Phi) is 4.23. The second-order valence-electron chi connectivity index (χ2n) is 6.20. The smallest absolute Gasteiger partial charge is 0.226 e. The molecule has 1 aliphatic carbocycles. The highest BCUT2D eigenvalue weighted by molar-refractivity contribution is 7.88. The molecule has 1 saturated heterocycles. The summed E-state index contributed by atoms with van der Waals surface area (Å²) in [5, 5.41) is 0. The Hall–Kier alpha value is -1.40. The van der Waals surface area contributed by atoms with Crippen LogP contribution in [0.5, 0.6) is 0 Å². The largest absolute Gasteiger partial charge is 0.341 e. The molecule has 1 aliphatic heterocycles. The quantitative estimate of drug-likeness (QED) is 0.842.